The van der Waals surface area contributed by atoms with Gasteiger partial charge in [0.15, 0.2) is 0 Å². The van der Waals surface area contributed by atoms with Gasteiger partial charge in [0, 0.05) is 16.7 Å². The number of amides is 1. The molecule has 7 nitrogen and oxygen atoms in total. The molecule has 0 saturated heterocycles. The topological polar surface area (TPSA) is 96.9 Å². The zero-order valence-electron chi connectivity index (χ0n) is 18.4. The number of thiophene rings is 1. The largest absolute Gasteiger partial charge is 0.481 e. The van der Waals surface area contributed by atoms with Gasteiger partial charge in [0.2, 0.25) is 0 Å². The lowest BCUT2D eigenvalue weighted by Crippen LogP contribution is -2.61. The predicted octanol–water partition coefficient (Wildman–Crippen LogP) is 5.67. The number of nitrogens with one attached hydrogen (secondary N) is 2. The zero-order valence-corrected chi connectivity index (χ0v) is 19.2. The molecule has 168 valence electrons. The molecule has 3 unspecified atom stereocenters. The fourth-order valence-corrected chi connectivity index (χ4v) is 6.06. The van der Waals surface area contributed by atoms with Crippen LogP contribution in [0.2, 0.25) is 0 Å². The number of carboxylic acids is 1. The number of hydrogen-bond acceptors (Lipinski definition) is 6. The molecule has 1 heterocycles. The fraction of sp³-hybridized carbons (Fsp3) is 0.727. The second kappa shape index (κ2) is 9.14. The summed E-state index contributed by atoms with van der Waals surface area (Å²) >= 11 is 1.53. The van der Waals surface area contributed by atoms with Gasteiger partial charge in [-0.2, -0.15) is 0 Å². The highest BCUT2D eigenvalue weighted by molar-refractivity contribution is 7.11. The molecule has 0 aromatic carbocycles. The van der Waals surface area contributed by atoms with E-state index in [2.05, 4.69) is 31.6 Å². The number of fused-ring (bicyclic) bond motifs is 2. The maximum absolute atomic E-state index is 12.1. The van der Waals surface area contributed by atoms with Gasteiger partial charge in [-0.15, -0.1) is 11.3 Å². The molecule has 2 bridgehead atoms. The molecule has 30 heavy (non-hydrogen) atoms. The van der Waals surface area contributed by atoms with Crippen LogP contribution in [0.1, 0.15) is 71.1 Å². The monoisotopic (exact) mass is 438 g/mol. The molecular weight excluding hydrogens is 404 g/mol. The lowest BCUT2D eigenvalue weighted by atomic mass is 9.44. The number of carbonyl (C=O) groups is 2. The third-order valence-electron chi connectivity index (χ3n) is 7.01. The standard InChI is InChI=1S/C22H34N2O5S/c1-5-28-20(27)23-19-15(13-30-16(19)8-6-7-9-18(25)26)24-29-22(4)11-10-14-12-17(22)21(14,2)3/h13-14,17,24H,5-12H2,1-4H3,(H,23,27)(H,25,26). The molecule has 1 aromatic heterocycles. The molecule has 3 atom stereocenters. The zero-order chi connectivity index (χ0) is 21.9. The molecular formula is C22H34N2O5S. The van der Waals surface area contributed by atoms with Gasteiger partial charge in [-0.25, -0.2) is 4.79 Å². The highest BCUT2D eigenvalue weighted by Crippen LogP contribution is 2.63. The highest BCUT2D eigenvalue weighted by Gasteiger charge is 2.60. The molecule has 3 aliphatic carbocycles. The quantitative estimate of drug-likeness (QED) is 0.322. The second-order valence-electron chi connectivity index (χ2n) is 9.26. The second-order valence-corrected chi connectivity index (χ2v) is 10.2. The molecule has 3 aliphatic rings. The van der Waals surface area contributed by atoms with E-state index in [0.29, 0.717) is 36.5 Å². The lowest BCUT2D eigenvalue weighted by Gasteiger charge is -2.63. The Hall–Kier alpha value is -1.80. The molecule has 0 radical (unpaired) electrons. The van der Waals surface area contributed by atoms with E-state index in [4.69, 9.17) is 14.7 Å². The van der Waals surface area contributed by atoms with Crippen LogP contribution in [0.4, 0.5) is 16.2 Å². The first-order valence-corrected chi connectivity index (χ1v) is 11.7. The number of unbranched alkanes of at least 4 members (excludes halogenated alkanes) is 1. The summed E-state index contributed by atoms with van der Waals surface area (Å²) in [5.74, 6) is 0.509. The van der Waals surface area contributed by atoms with Crippen LogP contribution in [0.5, 0.6) is 0 Å². The number of aryl methyl sites for hydroxylation is 1. The number of carboxylic acid groups (broad SMARTS) is 1. The van der Waals surface area contributed by atoms with Crippen molar-refractivity contribution in [2.24, 2.45) is 17.3 Å². The van der Waals surface area contributed by atoms with E-state index in [1.54, 1.807) is 6.92 Å². The van der Waals surface area contributed by atoms with E-state index in [0.717, 1.165) is 29.3 Å². The number of ether oxygens (including phenoxy) is 1. The summed E-state index contributed by atoms with van der Waals surface area (Å²) < 4.78 is 5.06. The van der Waals surface area contributed by atoms with Gasteiger partial charge >= 0.3 is 12.1 Å². The Kier molecular flexibility index (Phi) is 6.97. The number of carbonyl (C=O) groups excluding carboxylic acids is 1. The molecule has 0 spiro atoms. The third kappa shape index (κ3) is 4.75. The lowest BCUT2D eigenvalue weighted by molar-refractivity contribution is -0.206. The summed E-state index contributed by atoms with van der Waals surface area (Å²) in [6.45, 7) is 8.90. The summed E-state index contributed by atoms with van der Waals surface area (Å²) in [5, 5.41) is 13.6. The van der Waals surface area contributed by atoms with E-state index in [-0.39, 0.29) is 12.0 Å². The normalized spacial score (nSPS) is 26.5. The Morgan fingerprint density at radius 2 is 2.07 bits per heavy atom. The minimum atomic E-state index is -0.788. The fourth-order valence-electron chi connectivity index (χ4n) is 5.10. The van der Waals surface area contributed by atoms with E-state index in [1.807, 2.05) is 5.38 Å². The summed E-state index contributed by atoms with van der Waals surface area (Å²) in [7, 11) is 0. The van der Waals surface area contributed by atoms with Crippen LogP contribution in [0, 0.1) is 17.3 Å². The molecule has 1 aromatic rings. The Morgan fingerprint density at radius 3 is 2.70 bits per heavy atom. The Labute approximate surface area is 182 Å². The summed E-state index contributed by atoms with van der Waals surface area (Å²) in [6.07, 6.45) is 5.07. The summed E-state index contributed by atoms with van der Waals surface area (Å²) in [6, 6.07) is 0. The first-order valence-electron chi connectivity index (χ1n) is 10.9. The number of aliphatic carboxylic acids is 1. The third-order valence-corrected chi connectivity index (χ3v) is 8.05. The Balaban J connectivity index is 1.68. The molecule has 0 aliphatic heterocycles. The van der Waals surface area contributed by atoms with Crippen molar-refractivity contribution < 1.29 is 24.3 Å². The van der Waals surface area contributed by atoms with Crippen molar-refractivity contribution in [1.29, 1.82) is 0 Å². The van der Waals surface area contributed by atoms with Crippen LogP contribution in [0.25, 0.3) is 0 Å². The van der Waals surface area contributed by atoms with Crippen molar-refractivity contribution >= 4 is 34.8 Å². The SMILES string of the molecule is CCOC(=O)Nc1c(NOC2(C)CCC3CC2C3(C)C)csc1CCCCC(=O)O. The minimum Gasteiger partial charge on any atom is -0.481 e. The summed E-state index contributed by atoms with van der Waals surface area (Å²) in [5.41, 5.74) is 4.58. The molecule has 1 amide bonds. The smallest absolute Gasteiger partial charge is 0.411 e. The van der Waals surface area contributed by atoms with Crippen molar-refractivity contribution in [3.63, 3.8) is 0 Å². The predicted molar refractivity (Wildman–Crippen MR) is 118 cm³/mol. The van der Waals surface area contributed by atoms with Crippen molar-refractivity contribution in [2.75, 3.05) is 17.4 Å². The van der Waals surface area contributed by atoms with E-state index < -0.39 is 12.1 Å². The first kappa shape index (κ1) is 22.9. The molecule has 3 fully saturated rings. The van der Waals surface area contributed by atoms with E-state index in [1.165, 1.54) is 24.2 Å². The van der Waals surface area contributed by atoms with Gasteiger partial charge in [0.1, 0.15) is 0 Å². The summed E-state index contributed by atoms with van der Waals surface area (Å²) in [4.78, 5) is 30.1. The van der Waals surface area contributed by atoms with Gasteiger partial charge in [0.05, 0.1) is 23.6 Å². The van der Waals surface area contributed by atoms with Crippen LogP contribution in [0.3, 0.4) is 0 Å². The first-order chi connectivity index (χ1) is 14.2. The maximum atomic E-state index is 12.1. The van der Waals surface area contributed by atoms with E-state index >= 15 is 0 Å². The minimum absolute atomic E-state index is 0.150. The number of hydrogen-bond donors (Lipinski definition) is 3. The van der Waals surface area contributed by atoms with E-state index in [9.17, 15) is 9.59 Å². The molecule has 3 N–H and O–H groups in total. The molecule has 8 heteroatoms. The average Bonchev–Trinajstić information content (AvgIpc) is 3.05. The van der Waals surface area contributed by atoms with Gasteiger partial charge in [-0.3, -0.25) is 20.4 Å². The highest BCUT2D eigenvalue weighted by atomic mass is 32.1. The van der Waals surface area contributed by atoms with Gasteiger partial charge in [-0.1, -0.05) is 13.8 Å². The number of rotatable bonds is 10. The van der Waals surface area contributed by atoms with Crippen molar-refractivity contribution in [3.8, 4) is 0 Å². The van der Waals surface area contributed by atoms with Crippen molar-refractivity contribution in [1.82, 2.24) is 0 Å². The van der Waals surface area contributed by atoms with Crippen LogP contribution in [-0.4, -0.2) is 29.4 Å². The van der Waals surface area contributed by atoms with Crippen LogP contribution >= 0.6 is 11.3 Å². The van der Waals surface area contributed by atoms with Crippen LogP contribution in [-0.2, 0) is 20.8 Å². The van der Waals surface area contributed by atoms with Crippen molar-refractivity contribution in [3.05, 3.63) is 10.3 Å². The molecule has 4 rings (SSSR count). The molecule has 3 saturated carbocycles. The number of anilines is 2. The van der Waals surface area contributed by atoms with Gasteiger partial charge in [0.25, 0.3) is 0 Å². The van der Waals surface area contributed by atoms with Crippen molar-refractivity contribution in [2.45, 2.75) is 78.2 Å². The van der Waals surface area contributed by atoms with Gasteiger partial charge in [-0.05, 0) is 69.6 Å². The maximum Gasteiger partial charge on any atom is 0.411 e. The van der Waals surface area contributed by atoms with Crippen LogP contribution in [0.15, 0.2) is 5.38 Å². The van der Waals surface area contributed by atoms with Crippen LogP contribution < -0.4 is 10.8 Å². The Morgan fingerprint density at radius 1 is 1.30 bits per heavy atom. The average molecular weight is 439 g/mol. The Bertz CT molecular complexity index is 776. The van der Waals surface area contributed by atoms with Gasteiger partial charge < -0.3 is 9.84 Å².